The smallest absolute Gasteiger partial charge is 0.191 e. The van der Waals surface area contributed by atoms with E-state index in [2.05, 4.69) is 70.6 Å². The zero-order valence-electron chi connectivity index (χ0n) is 16.7. The number of likely N-dealkylation sites (tertiary alicyclic amines) is 1. The third-order valence-corrected chi connectivity index (χ3v) is 5.24. The van der Waals surface area contributed by atoms with Crippen LogP contribution in [0.15, 0.2) is 41.5 Å². The van der Waals surface area contributed by atoms with E-state index in [1.807, 2.05) is 0 Å². The number of fused-ring (bicyclic) bond motifs is 1. The monoisotopic (exact) mass is 483 g/mol. The summed E-state index contributed by atoms with van der Waals surface area (Å²) in [6.45, 7) is 8.33. The number of aliphatic imine (C=N–C) groups is 1. The molecular formula is C21H34IN5. The lowest BCUT2D eigenvalue weighted by Crippen LogP contribution is -2.39. The van der Waals surface area contributed by atoms with E-state index in [0.717, 1.165) is 44.5 Å². The Morgan fingerprint density at radius 2 is 1.93 bits per heavy atom. The van der Waals surface area contributed by atoms with E-state index in [4.69, 9.17) is 4.99 Å². The molecule has 6 heteroatoms. The number of aromatic nitrogens is 1. The van der Waals surface area contributed by atoms with E-state index in [-0.39, 0.29) is 24.0 Å². The SMILES string of the molecule is CCNC(=NCC1CCN(C)CC1)NCCCn1ccc2ccccc21.I. The van der Waals surface area contributed by atoms with Crippen LogP contribution in [0.25, 0.3) is 10.9 Å². The van der Waals surface area contributed by atoms with Gasteiger partial charge >= 0.3 is 0 Å². The number of nitrogens with one attached hydrogen (secondary N) is 2. The zero-order valence-corrected chi connectivity index (χ0v) is 19.0. The maximum absolute atomic E-state index is 4.82. The Morgan fingerprint density at radius 1 is 1.15 bits per heavy atom. The molecule has 2 N–H and O–H groups in total. The summed E-state index contributed by atoms with van der Waals surface area (Å²) in [6.07, 6.45) is 5.79. The highest BCUT2D eigenvalue weighted by Crippen LogP contribution is 2.16. The van der Waals surface area contributed by atoms with Gasteiger partial charge in [-0.25, -0.2) is 0 Å². The van der Waals surface area contributed by atoms with E-state index in [1.54, 1.807) is 0 Å². The number of hydrogen-bond acceptors (Lipinski definition) is 2. The molecule has 1 aromatic carbocycles. The third-order valence-electron chi connectivity index (χ3n) is 5.24. The Labute approximate surface area is 180 Å². The Hall–Kier alpha value is -1.28. The minimum Gasteiger partial charge on any atom is -0.357 e. The van der Waals surface area contributed by atoms with Crippen molar-refractivity contribution in [1.82, 2.24) is 20.1 Å². The predicted octanol–water partition coefficient (Wildman–Crippen LogP) is 3.55. The van der Waals surface area contributed by atoms with Crippen molar-refractivity contribution in [2.75, 3.05) is 39.8 Å². The van der Waals surface area contributed by atoms with Crippen LogP contribution in [0.3, 0.4) is 0 Å². The summed E-state index contributed by atoms with van der Waals surface area (Å²) in [5.74, 6) is 1.69. The van der Waals surface area contributed by atoms with Crippen molar-refractivity contribution < 1.29 is 0 Å². The van der Waals surface area contributed by atoms with Gasteiger partial charge in [-0.2, -0.15) is 0 Å². The maximum atomic E-state index is 4.82. The fourth-order valence-electron chi connectivity index (χ4n) is 3.60. The largest absolute Gasteiger partial charge is 0.357 e. The molecule has 150 valence electrons. The van der Waals surface area contributed by atoms with E-state index < -0.39 is 0 Å². The first kappa shape index (κ1) is 22.0. The second kappa shape index (κ2) is 11.5. The highest BCUT2D eigenvalue weighted by molar-refractivity contribution is 14.0. The van der Waals surface area contributed by atoms with Crippen molar-refractivity contribution in [3.63, 3.8) is 0 Å². The van der Waals surface area contributed by atoms with Crippen LogP contribution >= 0.6 is 24.0 Å². The van der Waals surface area contributed by atoms with Crippen LogP contribution in [0.2, 0.25) is 0 Å². The van der Waals surface area contributed by atoms with Gasteiger partial charge in [-0.3, -0.25) is 4.99 Å². The highest BCUT2D eigenvalue weighted by Gasteiger charge is 2.16. The van der Waals surface area contributed by atoms with Gasteiger partial charge in [0.1, 0.15) is 0 Å². The van der Waals surface area contributed by atoms with Crippen molar-refractivity contribution in [3.05, 3.63) is 36.5 Å². The first-order chi connectivity index (χ1) is 12.8. The Kier molecular flexibility index (Phi) is 9.41. The predicted molar refractivity (Wildman–Crippen MR) is 126 cm³/mol. The number of nitrogens with zero attached hydrogens (tertiary/aromatic N) is 3. The van der Waals surface area contributed by atoms with Crippen molar-refractivity contribution >= 4 is 40.8 Å². The van der Waals surface area contributed by atoms with E-state index >= 15 is 0 Å². The zero-order chi connectivity index (χ0) is 18.2. The molecule has 1 fully saturated rings. The molecule has 0 atom stereocenters. The first-order valence-electron chi connectivity index (χ1n) is 10.0. The number of hydrogen-bond donors (Lipinski definition) is 2. The molecule has 1 aliphatic heterocycles. The molecule has 0 spiro atoms. The minimum absolute atomic E-state index is 0. The average molecular weight is 483 g/mol. The van der Waals surface area contributed by atoms with Crippen LogP contribution in [-0.4, -0.2) is 55.2 Å². The maximum Gasteiger partial charge on any atom is 0.191 e. The molecule has 27 heavy (non-hydrogen) atoms. The number of benzene rings is 1. The lowest BCUT2D eigenvalue weighted by molar-refractivity contribution is 0.223. The van der Waals surface area contributed by atoms with Gasteiger partial charge in [0.15, 0.2) is 5.96 Å². The van der Waals surface area contributed by atoms with Crippen LogP contribution in [0.1, 0.15) is 26.2 Å². The topological polar surface area (TPSA) is 44.6 Å². The molecule has 0 saturated carbocycles. The molecule has 1 aliphatic rings. The molecule has 2 aromatic rings. The average Bonchev–Trinajstić information content (AvgIpc) is 3.07. The van der Waals surface area contributed by atoms with Crippen molar-refractivity contribution in [2.24, 2.45) is 10.9 Å². The number of piperidine rings is 1. The molecule has 1 saturated heterocycles. The molecule has 0 amide bonds. The van der Waals surface area contributed by atoms with Crippen molar-refractivity contribution in [2.45, 2.75) is 32.7 Å². The number of halogens is 1. The number of aryl methyl sites for hydroxylation is 1. The van der Waals surface area contributed by atoms with Crippen LogP contribution in [0.4, 0.5) is 0 Å². The van der Waals surface area contributed by atoms with Gasteiger partial charge in [0.25, 0.3) is 0 Å². The highest BCUT2D eigenvalue weighted by atomic mass is 127. The van der Waals surface area contributed by atoms with E-state index in [9.17, 15) is 0 Å². The van der Waals surface area contributed by atoms with E-state index in [1.165, 1.54) is 36.8 Å². The molecular weight excluding hydrogens is 449 g/mol. The van der Waals surface area contributed by atoms with Gasteiger partial charge in [0.2, 0.25) is 0 Å². The summed E-state index contributed by atoms with van der Waals surface area (Å²) < 4.78 is 2.33. The normalized spacial score (nSPS) is 16.3. The Balaban J connectivity index is 0.00000261. The Morgan fingerprint density at radius 3 is 2.70 bits per heavy atom. The lowest BCUT2D eigenvalue weighted by atomic mass is 9.97. The van der Waals surface area contributed by atoms with Crippen molar-refractivity contribution in [3.8, 4) is 0 Å². The number of para-hydroxylation sites is 1. The van der Waals surface area contributed by atoms with Gasteiger partial charge < -0.3 is 20.1 Å². The summed E-state index contributed by atoms with van der Waals surface area (Å²) in [6, 6.07) is 10.8. The fraction of sp³-hybridized carbons (Fsp3) is 0.571. The van der Waals surface area contributed by atoms with Crippen LogP contribution in [0, 0.1) is 5.92 Å². The quantitative estimate of drug-likeness (QED) is 0.274. The van der Waals surface area contributed by atoms with Gasteiger partial charge in [-0.1, -0.05) is 18.2 Å². The summed E-state index contributed by atoms with van der Waals surface area (Å²) in [5.41, 5.74) is 1.32. The summed E-state index contributed by atoms with van der Waals surface area (Å²) in [7, 11) is 2.21. The molecule has 0 unspecified atom stereocenters. The summed E-state index contributed by atoms with van der Waals surface area (Å²) in [4.78, 5) is 7.23. The lowest BCUT2D eigenvalue weighted by Gasteiger charge is -2.28. The first-order valence-corrected chi connectivity index (χ1v) is 10.0. The van der Waals surface area contributed by atoms with Gasteiger partial charge in [0, 0.05) is 37.9 Å². The molecule has 1 aromatic heterocycles. The third kappa shape index (κ3) is 6.68. The van der Waals surface area contributed by atoms with Gasteiger partial charge in [0.05, 0.1) is 0 Å². The Bertz CT molecular complexity index is 703. The molecule has 5 nitrogen and oxygen atoms in total. The second-order valence-electron chi connectivity index (χ2n) is 7.31. The van der Waals surface area contributed by atoms with Crippen LogP contribution in [-0.2, 0) is 6.54 Å². The molecule has 0 aliphatic carbocycles. The molecule has 0 bridgehead atoms. The minimum atomic E-state index is 0. The van der Waals surface area contributed by atoms with Crippen LogP contribution in [0.5, 0.6) is 0 Å². The van der Waals surface area contributed by atoms with Crippen molar-refractivity contribution in [1.29, 1.82) is 0 Å². The van der Waals surface area contributed by atoms with Gasteiger partial charge in [-0.05, 0) is 69.8 Å². The molecule has 3 rings (SSSR count). The number of rotatable bonds is 7. The van der Waals surface area contributed by atoms with Gasteiger partial charge in [-0.15, -0.1) is 24.0 Å². The number of guanidine groups is 1. The second-order valence-corrected chi connectivity index (χ2v) is 7.31. The standard InChI is InChI=1S/C21H33N5.HI/c1-3-22-21(24-17-18-9-14-25(2)15-10-18)23-12-6-13-26-16-11-19-7-4-5-8-20(19)26;/h4-5,7-8,11,16,18H,3,6,9-10,12-15,17H2,1-2H3,(H2,22,23,24);1H. The molecule has 2 heterocycles. The summed E-state index contributed by atoms with van der Waals surface area (Å²) >= 11 is 0. The fourth-order valence-corrected chi connectivity index (χ4v) is 3.60. The summed E-state index contributed by atoms with van der Waals surface area (Å²) in [5, 5.41) is 8.18. The van der Waals surface area contributed by atoms with Crippen LogP contribution < -0.4 is 10.6 Å². The molecule has 0 radical (unpaired) electrons. The van der Waals surface area contributed by atoms with E-state index in [0.29, 0.717) is 0 Å².